The molecule has 4 aliphatic rings. The second-order valence-electron chi connectivity index (χ2n) is 25.8. The maximum atomic E-state index is 12.1. The Morgan fingerprint density at radius 3 is 1.67 bits per heavy atom. The molecule has 0 amide bonds. The van der Waals surface area contributed by atoms with Gasteiger partial charge in [-0.1, -0.05) is 211 Å². The van der Waals surface area contributed by atoms with Crippen LogP contribution < -0.4 is 20.7 Å². The Morgan fingerprint density at radius 2 is 1.16 bits per heavy atom. The number of carbonyl (C=O) groups excluding carboxylic acids is 1. The van der Waals surface area contributed by atoms with E-state index < -0.39 is 25.0 Å². The van der Waals surface area contributed by atoms with Crippen molar-refractivity contribution < 1.29 is 41.8 Å². The second-order valence-corrected chi connectivity index (χ2v) is 39.1. The molecule has 0 radical (unpaired) electrons. The first-order valence-corrected chi connectivity index (χ1v) is 37.1. The SMILES string of the molecule is C=C1C[C@H](/C=C/C(=O)OCC)O[C@H]1CC[C@H]1C[C@@H](C)C(=C)[C@@H](C[C@@H]2O[C@H]3C[C@@H](O[Si](c4ccccc4)(c4ccccc4)C(C)(C)C)[C@@H](CCO[Si](c4ccccc4)(c4ccccc4)C(C)(C)C)O[C@H]3[C@H](C)[C@H]2O[Si](CC)(CC)CC)O1. The van der Waals surface area contributed by atoms with Gasteiger partial charge in [0, 0.05) is 37.9 Å². The molecule has 12 atom stereocenters. The Hall–Kier alpha value is -4.06. The molecule has 4 aliphatic heterocycles. The summed E-state index contributed by atoms with van der Waals surface area (Å²) in [6.07, 6.45) is 6.33. The molecule has 0 N–H and O–H groups in total. The van der Waals surface area contributed by atoms with Crippen molar-refractivity contribution in [2.75, 3.05) is 13.2 Å². The predicted octanol–water partition coefficient (Wildman–Crippen LogP) is 13.2. The van der Waals surface area contributed by atoms with Crippen LogP contribution in [-0.4, -0.2) is 105 Å². The Kier molecular flexibility index (Phi) is 21.2. The number of hydrogen-bond donors (Lipinski definition) is 0. The van der Waals surface area contributed by atoms with Gasteiger partial charge in [-0.05, 0) is 105 Å². The summed E-state index contributed by atoms with van der Waals surface area (Å²) in [7, 11) is -8.16. The van der Waals surface area contributed by atoms with Gasteiger partial charge in [0.1, 0.15) is 0 Å². The maximum Gasteiger partial charge on any atom is 0.330 e. The first-order valence-electron chi connectivity index (χ1n) is 30.8. The molecule has 4 saturated heterocycles. The van der Waals surface area contributed by atoms with Gasteiger partial charge in [0.25, 0.3) is 16.6 Å². The zero-order chi connectivity index (χ0) is 58.2. The van der Waals surface area contributed by atoms with Gasteiger partial charge >= 0.3 is 5.97 Å². The number of benzene rings is 4. The van der Waals surface area contributed by atoms with Crippen molar-refractivity contribution in [2.24, 2.45) is 11.8 Å². The van der Waals surface area contributed by atoms with Crippen molar-refractivity contribution in [2.45, 2.75) is 217 Å². The highest BCUT2D eigenvalue weighted by Gasteiger charge is 2.58. The minimum Gasteiger partial charge on any atom is -0.463 e. The standard InChI is InChI=1S/C69H98O9Si3/c1-15-71-65(70)42-40-54-46-50(6)59(73-54)41-39-53-45-49(5)51(7)61(74-53)47-64-67(78-79(16-2,17-3)18-4)52(8)66-63(75-64)48-62(77-81(69(12,13)14,57-35-27-21-28-36-57)58-37-29-22-30-38-58)60(76-66)43-44-72-80(68(9,10)11,55-31-23-19-24-32-55)56-33-25-20-26-34-56/h19-38,40,42,49,52-54,59-64,66-67H,6-7,15-18,39,41,43-48H2,1-5,8-14H3/b42-40+/t49-,52+,53+,54+,59+,60-,61-,62-,63+,64+,66+,67-/m1/s1. The molecule has 0 unspecified atom stereocenters. The van der Waals surface area contributed by atoms with Crippen LogP contribution in [0.25, 0.3) is 0 Å². The number of hydrogen-bond acceptors (Lipinski definition) is 9. The van der Waals surface area contributed by atoms with Crippen LogP contribution >= 0.6 is 0 Å². The van der Waals surface area contributed by atoms with Gasteiger partial charge in [0.05, 0.1) is 67.6 Å². The van der Waals surface area contributed by atoms with Crippen LogP contribution in [0.2, 0.25) is 28.2 Å². The number of fused-ring (bicyclic) bond motifs is 1. The highest BCUT2D eigenvalue weighted by atomic mass is 28.4. The summed E-state index contributed by atoms with van der Waals surface area (Å²) >= 11 is 0. The van der Waals surface area contributed by atoms with E-state index in [1.807, 2.05) is 6.92 Å². The molecule has 4 heterocycles. The zero-order valence-corrected chi connectivity index (χ0v) is 54.2. The molecule has 0 bridgehead atoms. The molecule has 81 heavy (non-hydrogen) atoms. The topological polar surface area (TPSA) is 90.9 Å². The third-order valence-corrected chi connectivity index (χ3v) is 33.5. The predicted molar refractivity (Wildman–Crippen MR) is 337 cm³/mol. The summed E-state index contributed by atoms with van der Waals surface area (Å²) in [5.41, 5.74) is 2.17. The Labute approximate surface area is 491 Å². The van der Waals surface area contributed by atoms with E-state index in [0.717, 1.165) is 48.5 Å². The normalized spacial score (nSPS) is 27.8. The van der Waals surface area contributed by atoms with Gasteiger partial charge in [-0.3, -0.25) is 0 Å². The molecule has 9 nitrogen and oxygen atoms in total. The summed E-state index contributed by atoms with van der Waals surface area (Å²) in [4.78, 5) is 12.1. The summed E-state index contributed by atoms with van der Waals surface area (Å²) in [6.45, 7) is 37.5. The third-order valence-electron chi connectivity index (χ3n) is 18.7. The monoisotopic (exact) mass is 1150 g/mol. The van der Waals surface area contributed by atoms with Crippen LogP contribution in [0.15, 0.2) is 158 Å². The lowest BCUT2D eigenvalue weighted by Gasteiger charge is -2.55. The number of ether oxygens (including phenoxy) is 5. The fraction of sp³-hybridized carbons (Fsp3) is 0.551. The van der Waals surface area contributed by atoms with Crippen LogP contribution in [-0.2, 0) is 41.8 Å². The number of rotatable bonds is 23. The second kappa shape index (κ2) is 27.3. The summed E-state index contributed by atoms with van der Waals surface area (Å²) < 4.78 is 57.8. The van der Waals surface area contributed by atoms with E-state index in [1.165, 1.54) is 26.8 Å². The van der Waals surface area contributed by atoms with Crippen LogP contribution in [0.4, 0.5) is 0 Å². The first-order chi connectivity index (χ1) is 38.7. The molecule has 0 aromatic heterocycles. The summed E-state index contributed by atoms with van der Waals surface area (Å²) in [6, 6.07) is 47.0. The van der Waals surface area contributed by atoms with Crippen LogP contribution in [0.5, 0.6) is 0 Å². The van der Waals surface area contributed by atoms with E-state index in [2.05, 4.69) is 204 Å². The quantitative estimate of drug-likeness (QED) is 0.0312. The van der Waals surface area contributed by atoms with E-state index in [0.29, 0.717) is 38.9 Å². The molecule has 440 valence electrons. The van der Waals surface area contributed by atoms with E-state index in [9.17, 15) is 4.79 Å². The Bertz CT molecular complexity index is 2580. The lowest BCUT2D eigenvalue weighted by Crippen LogP contribution is -2.70. The van der Waals surface area contributed by atoms with Crippen LogP contribution in [0.3, 0.4) is 0 Å². The van der Waals surface area contributed by atoms with Crippen molar-refractivity contribution in [1.29, 1.82) is 0 Å². The maximum absolute atomic E-state index is 12.1. The van der Waals surface area contributed by atoms with Gasteiger partial charge in [0.2, 0.25) is 0 Å². The van der Waals surface area contributed by atoms with Crippen molar-refractivity contribution in [1.82, 2.24) is 0 Å². The molecular weight excluding hydrogens is 1060 g/mol. The largest absolute Gasteiger partial charge is 0.463 e. The Balaban J connectivity index is 1.13. The number of esters is 1. The Morgan fingerprint density at radius 1 is 0.630 bits per heavy atom. The smallest absolute Gasteiger partial charge is 0.330 e. The minimum absolute atomic E-state index is 0.0126. The van der Waals surface area contributed by atoms with E-state index in [4.69, 9.17) is 43.5 Å². The highest BCUT2D eigenvalue weighted by molar-refractivity contribution is 7.00. The van der Waals surface area contributed by atoms with Crippen LogP contribution in [0, 0.1) is 11.8 Å². The van der Waals surface area contributed by atoms with Crippen molar-refractivity contribution in [3.8, 4) is 0 Å². The fourth-order valence-electron chi connectivity index (χ4n) is 14.0. The lowest BCUT2D eigenvalue weighted by atomic mass is 9.79. The van der Waals surface area contributed by atoms with Gasteiger partial charge in [-0.2, -0.15) is 0 Å². The third kappa shape index (κ3) is 13.9. The molecule has 8 rings (SSSR count). The average Bonchev–Trinajstić information content (AvgIpc) is 3.55. The molecule has 0 aliphatic carbocycles. The zero-order valence-electron chi connectivity index (χ0n) is 51.2. The van der Waals surface area contributed by atoms with Crippen molar-refractivity contribution >= 4 is 51.7 Å². The number of carbonyl (C=O) groups is 1. The molecule has 12 heteroatoms. The molecule has 0 saturated carbocycles. The first kappa shape index (κ1) is 63.0. The highest BCUT2D eigenvalue weighted by Crippen LogP contribution is 2.47. The lowest BCUT2D eigenvalue weighted by molar-refractivity contribution is -0.264. The summed E-state index contributed by atoms with van der Waals surface area (Å²) in [5, 5.41) is 4.56. The minimum atomic E-state index is -3.09. The fourth-order valence-corrected chi connectivity index (χ4v) is 26.3. The van der Waals surface area contributed by atoms with Gasteiger partial charge in [0.15, 0.2) is 8.32 Å². The molecular formula is C69H98O9Si3. The van der Waals surface area contributed by atoms with E-state index in [-0.39, 0.29) is 88.9 Å². The molecule has 4 fully saturated rings. The van der Waals surface area contributed by atoms with Gasteiger partial charge < -0.3 is 37.0 Å². The van der Waals surface area contributed by atoms with E-state index >= 15 is 0 Å². The summed E-state index contributed by atoms with van der Waals surface area (Å²) in [5.74, 6) is -0.0747. The van der Waals surface area contributed by atoms with Crippen molar-refractivity contribution in [3.63, 3.8) is 0 Å². The molecule has 4 aromatic rings. The van der Waals surface area contributed by atoms with Gasteiger partial charge in [-0.15, -0.1) is 0 Å². The van der Waals surface area contributed by atoms with Crippen molar-refractivity contribution in [3.05, 3.63) is 158 Å². The molecule has 4 aromatic carbocycles. The van der Waals surface area contributed by atoms with E-state index in [1.54, 1.807) is 6.08 Å². The molecule has 0 spiro atoms. The van der Waals surface area contributed by atoms with Crippen LogP contribution in [0.1, 0.15) is 128 Å². The average molecular weight is 1160 g/mol. The van der Waals surface area contributed by atoms with Gasteiger partial charge in [-0.25, -0.2) is 4.79 Å².